The number of rotatable bonds is 3. The summed E-state index contributed by atoms with van der Waals surface area (Å²) in [6.45, 7) is 2.46. The van der Waals surface area contributed by atoms with E-state index in [1.807, 2.05) is 0 Å². The fraction of sp³-hybridized carbons (Fsp3) is 0.409. The number of hydrogen-bond acceptors (Lipinski definition) is 4. The highest BCUT2D eigenvalue weighted by Crippen LogP contribution is 2.44. The maximum absolute atomic E-state index is 14.5. The van der Waals surface area contributed by atoms with Gasteiger partial charge in [-0.05, 0) is 49.7 Å². The molecule has 5 rings (SSSR count). The molecule has 6 nitrogen and oxygen atoms in total. The summed E-state index contributed by atoms with van der Waals surface area (Å²) < 4.78 is 82.4. The maximum Gasteiger partial charge on any atom is 0.459 e. The van der Waals surface area contributed by atoms with Crippen LogP contribution in [-0.4, -0.2) is 68.7 Å². The van der Waals surface area contributed by atoms with Gasteiger partial charge in [0.15, 0.2) is 11.3 Å². The van der Waals surface area contributed by atoms with E-state index < -0.39 is 29.5 Å². The molecule has 2 aliphatic heterocycles. The summed E-state index contributed by atoms with van der Waals surface area (Å²) >= 11 is 0. The normalized spacial score (nSPS) is 19.6. The Hall–Kier alpha value is -3.15. The van der Waals surface area contributed by atoms with E-state index in [2.05, 4.69) is 15.0 Å². The van der Waals surface area contributed by atoms with Gasteiger partial charge in [-0.15, -0.1) is 0 Å². The molecule has 180 valence electrons. The van der Waals surface area contributed by atoms with Crippen LogP contribution in [0.2, 0.25) is 0 Å². The van der Waals surface area contributed by atoms with Gasteiger partial charge in [0.1, 0.15) is 11.5 Å². The molecule has 1 unspecified atom stereocenters. The fourth-order valence-corrected chi connectivity index (χ4v) is 4.55. The summed E-state index contributed by atoms with van der Waals surface area (Å²) in [6, 6.07) is 6.37. The van der Waals surface area contributed by atoms with Crippen LogP contribution in [0, 0.1) is 5.82 Å². The second kappa shape index (κ2) is 7.97. The molecule has 4 heterocycles. The molecule has 2 aromatic heterocycles. The van der Waals surface area contributed by atoms with Crippen LogP contribution in [0.25, 0.3) is 16.9 Å². The van der Waals surface area contributed by atoms with Crippen LogP contribution in [0.3, 0.4) is 0 Å². The van der Waals surface area contributed by atoms with Crippen LogP contribution in [0.1, 0.15) is 29.0 Å². The Morgan fingerprint density at radius 1 is 1.00 bits per heavy atom. The molecule has 2 saturated heterocycles. The first kappa shape index (κ1) is 22.6. The van der Waals surface area contributed by atoms with Crippen molar-refractivity contribution in [2.75, 3.05) is 26.2 Å². The lowest BCUT2D eigenvalue weighted by Crippen LogP contribution is -2.52. The Kier molecular flexibility index (Phi) is 5.30. The number of halogens is 6. The van der Waals surface area contributed by atoms with Gasteiger partial charge >= 0.3 is 12.1 Å². The largest absolute Gasteiger partial charge is 0.459 e. The van der Waals surface area contributed by atoms with Crippen molar-refractivity contribution in [2.24, 2.45) is 0 Å². The van der Waals surface area contributed by atoms with E-state index in [9.17, 15) is 31.1 Å². The second-order valence-corrected chi connectivity index (χ2v) is 8.49. The lowest BCUT2D eigenvalue weighted by atomic mass is 10.1. The number of benzene rings is 1. The molecule has 12 heteroatoms. The molecule has 0 spiro atoms. The summed E-state index contributed by atoms with van der Waals surface area (Å²) in [5.41, 5.74) is -2.19. The van der Waals surface area contributed by atoms with Gasteiger partial charge in [0.25, 0.3) is 5.91 Å². The number of carbonyl (C=O) groups excluding carboxylic acids is 1. The zero-order valence-electron chi connectivity index (χ0n) is 17.7. The molecule has 2 fully saturated rings. The summed E-state index contributed by atoms with van der Waals surface area (Å²) in [5, 5.41) is 3.81. The van der Waals surface area contributed by atoms with Crippen LogP contribution in [0.4, 0.5) is 26.3 Å². The van der Waals surface area contributed by atoms with Crippen molar-refractivity contribution in [3.63, 3.8) is 0 Å². The first-order valence-electron chi connectivity index (χ1n) is 10.7. The standard InChI is InChI=1S/C22H19F6N5O/c23-14-5-3-13(4-6-14)16-10-18(21(24,25)22(26,27)28)33-19(29-16)11-17(30-33)20(34)32-9-8-31-7-1-2-15(31)12-32/h3-6,10-11,15H,1-2,7-9,12H2. The zero-order chi connectivity index (χ0) is 24.3. The summed E-state index contributed by atoms with van der Waals surface area (Å²) in [4.78, 5) is 21.0. The Labute approximate surface area is 189 Å². The van der Waals surface area contributed by atoms with Gasteiger partial charge in [0.05, 0.1) is 5.69 Å². The highest BCUT2D eigenvalue weighted by Gasteiger charge is 2.60. The molecule has 1 atom stereocenters. The van der Waals surface area contributed by atoms with Crippen molar-refractivity contribution in [2.45, 2.75) is 31.0 Å². The van der Waals surface area contributed by atoms with Crippen molar-refractivity contribution >= 4 is 11.6 Å². The van der Waals surface area contributed by atoms with Crippen LogP contribution >= 0.6 is 0 Å². The quantitative estimate of drug-likeness (QED) is 0.527. The Morgan fingerprint density at radius 3 is 2.44 bits per heavy atom. The van der Waals surface area contributed by atoms with Crippen LogP contribution < -0.4 is 0 Å². The van der Waals surface area contributed by atoms with Crippen LogP contribution in [0.5, 0.6) is 0 Å². The number of amides is 1. The molecule has 1 aromatic carbocycles. The average molecular weight is 483 g/mol. The zero-order valence-corrected chi connectivity index (χ0v) is 17.7. The van der Waals surface area contributed by atoms with E-state index in [1.54, 1.807) is 0 Å². The highest BCUT2D eigenvalue weighted by atomic mass is 19.4. The third-order valence-corrected chi connectivity index (χ3v) is 6.34. The summed E-state index contributed by atoms with van der Waals surface area (Å²) in [5.74, 6) is -6.43. The predicted octanol–water partition coefficient (Wildman–Crippen LogP) is 4.11. The van der Waals surface area contributed by atoms with Gasteiger partial charge in [-0.2, -0.15) is 27.1 Å². The Morgan fingerprint density at radius 2 is 1.74 bits per heavy atom. The molecule has 0 radical (unpaired) electrons. The molecule has 0 saturated carbocycles. The SMILES string of the molecule is O=C(c1cc2nc(-c3ccc(F)cc3)cc(C(F)(F)C(F)(F)F)n2n1)N1CCN2CCCC2C1. The molecular weight excluding hydrogens is 464 g/mol. The monoisotopic (exact) mass is 483 g/mol. The smallest absolute Gasteiger partial charge is 0.334 e. The minimum atomic E-state index is -5.91. The van der Waals surface area contributed by atoms with E-state index in [4.69, 9.17) is 0 Å². The van der Waals surface area contributed by atoms with E-state index in [0.717, 1.165) is 37.6 Å². The lowest BCUT2D eigenvalue weighted by molar-refractivity contribution is -0.291. The number of carbonyl (C=O) groups is 1. The summed E-state index contributed by atoms with van der Waals surface area (Å²) in [6.07, 6.45) is -3.96. The van der Waals surface area contributed by atoms with Gasteiger partial charge in [-0.25, -0.2) is 13.9 Å². The molecule has 0 aliphatic carbocycles. The van der Waals surface area contributed by atoms with Gasteiger partial charge < -0.3 is 4.90 Å². The minimum Gasteiger partial charge on any atom is -0.334 e. The average Bonchev–Trinajstić information content (AvgIpc) is 3.43. The molecule has 0 N–H and O–H groups in total. The van der Waals surface area contributed by atoms with Crippen molar-refractivity contribution in [1.29, 1.82) is 0 Å². The number of nitrogens with zero attached hydrogens (tertiary/aromatic N) is 5. The number of fused-ring (bicyclic) bond motifs is 2. The highest BCUT2D eigenvalue weighted by molar-refractivity contribution is 5.93. The molecule has 3 aromatic rings. The fourth-order valence-electron chi connectivity index (χ4n) is 4.55. The minimum absolute atomic E-state index is 0.134. The van der Waals surface area contributed by atoms with Crippen LogP contribution in [-0.2, 0) is 5.92 Å². The van der Waals surface area contributed by atoms with Gasteiger partial charge in [0, 0.05) is 37.3 Å². The van der Waals surface area contributed by atoms with Crippen molar-refractivity contribution in [3.8, 4) is 11.3 Å². The van der Waals surface area contributed by atoms with Gasteiger partial charge in [-0.1, -0.05) is 0 Å². The van der Waals surface area contributed by atoms with Crippen molar-refractivity contribution in [3.05, 3.63) is 53.6 Å². The number of hydrogen-bond donors (Lipinski definition) is 0. The third kappa shape index (κ3) is 3.79. The topological polar surface area (TPSA) is 53.7 Å². The van der Waals surface area contributed by atoms with Gasteiger partial charge in [0.2, 0.25) is 0 Å². The summed E-state index contributed by atoms with van der Waals surface area (Å²) in [7, 11) is 0. The first-order valence-corrected chi connectivity index (χ1v) is 10.7. The Balaban J connectivity index is 1.59. The predicted molar refractivity (Wildman–Crippen MR) is 109 cm³/mol. The number of alkyl halides is 5. The molecule has 1 amide bonds. The van der Waals surface area contributed by atoms with Crippen LogP contribution in [0.15, 0.2) is 36.4 Å². The van der Waals surface area contributed by atoms with E-state index in [0.29, 0.717) is 30.2 Å². The second-order valence-electron chi connectivity index (χ2n) is 8.49. The first-order chi connectivity index (χ1) is 16.0. The molecule has 34 heavy (non-hydrogen) atoms. The third-order valence-electron chi connectivity index (χ3n) is 6.34. The molecule has 2 aliphatic rings. The van der Waals surface area contributed by atoms with E-state index in [-0.39, 0.29) is 28.6 Å². The number of aromatic nitrogens is 3. The molecule has 0 bridgehead atoms. The Bertz CT molecular complexity index is 1240. The van der Waals surface area contributed by atoms with Crippen molar-refractivity contribution in [1.82, 2.24) is 24.4 Å². The van der Waals surface area contributed by atoms with E-state index in [1.165, 1.54) is 17.0 Å². The maximum atomic E-state index is 14.5. The lowest BCUT2D eigenvalue weighted by Gasteiger charge is -2.37. The van der Waals surface area contributed by atoms with Gasteiger partial charge in [-0.3, -0.25) is 9.69 Å². The van der Waals surface area contributed by atoms with Crippen molar-refractivity contribution < 1.29 is 31.1 Å². The number of piperazine rings is 1. The van der Waals surface area contributed by atoms with E-state index >= 15 is 0 Å². The molecular formula is C22H19F6N5O.